The van der Waals surface area contributed by atoms with E-state index >= 15 is 0 Å². The van der Waals surface area contributed by atoms with E-state index in [1.54, 1.807) is 4.90 Å². The maximum atomic E-state index is 13.3. The Balaban J connectivity index is 2.09. The number of aliphatic hydroxyl groups is 1. The molecule has 0 aliphatic carbocycles. The minimum atomic E-state index is -4.87. The first-order valence-corrected chi connectivity index (χ1v) is 7.15. The van der Waals surface area contributed by atoms with E-state index in [0.717, 1.165) is 4.57 Å². The number of ether oxygens (including phenoxy) is 1. The largest absolute Gasteiger partial charge is 0.424 e. The first kappa shape index (κ1) is 17.5. The highest BCUT2D eigenvalue weighted by molar-refractivity contribution is 5.78. The van der Waals surface area contributed by atoms with Crippen molar-refractivity contribution in [2.45, 2.75) is 18.2 Å². The summed E-state index contributed by atoms with van der Waals surface area (Å²) in [5.74, 6) is -0.317. The van der Waals surface area contributed by atoms with Gasteiger partial charge in [0.05, 0.1) is 13.2 Å². The fourth-order valence-electron chi connectivity index (χ4n) is 2.37. The molecule has 1 atom stereocenters. The number of morpholine rings is 1. The number of hydrogen-bond acceptors (Lipinski definition) is 4. The summed E-state index contributed by atoms with van der Waals surface area (Å²) in [6.45, 7) is 1.80. The van der Waals surface area contributed by atoms with E-state index in [2.05, 4.69) is 9.98 Å². The molecule has 1 saturated heterocycles. The van der Waals surface area contributed by atoms with E-state index in [4.69, 9.17) is 10.5 Å². The molecule has 23 heavy (non-hydrogen) atoms. The molecule has 1 unspecified atom stereocenters. The second-order valence-electron chi connectivity index (χ2n) is 5.31. The van der Waals surface area contributed by atoms with Gasteiger partial charge in [-0.05, 0) is 0 Å². The van der Waals surface area contributed by atoms with Crippen LogP contribution in [0.4, 0.5) is 13.2 Å². The molecule has 0 spiro atoms. The molecule has 2 heterocycles. The van der Waals surface area contributed by atoms with Gasteiger partial charge in [-0.1, -0.05) is 0 Å². The van der Waals surface area contributed by atoms with Crippen molar-refractivity contribution in [1.82, 2.24) is 14.5 Å². The maximum absolute atomic E-state index is 13.3. The van der Waals surface area contributed by atoms with Crippen molar-refractivity contribution in [1.29, 1.82) is 0 Å². The van der Waals surface area contributed by atoms with Crippen molar-refractivity contribution in [3.63, 3.8) is 0 Å². The average Bonchev–Trinajstić information content (AvgIpc) is 2.93. The average molecular weight is 335 g/mol. The summed E-state index contributed by atoms with van der Waals surface area (Å²) in [7, 11) is 1.39. The first-order chi connectivity index (χ1) is 10.8. The lowest BCUT2D eigenvalue weighted by Gasteiger charge is -2.30. The van der Waals surface area contributed by atoms with Crippen molar-refractivity contribution in [3.8, 4) is 0 Å². The third-order valence-electron chi connectivity index (χ3n) is 3.74. The standard InChI is InChI=1S/C13H20F3N5O2/c1-20-5-4-18-10(20)12(22,13(14,15)16)2-3-19-11(17)21-6-8-23-9-7-21/h4-5,22H,2-3,6-9H2,1H3,(H2,17,19). The van der Waals surface area contributed by atoms with Crippen LogP contribution in [0, 0.1) is 0 Å². The van der Waals surface area contributed by atoms with Crippen LogP contribution in [0.1, 0.15) is 12.2 Å². The Bertz CT molecular complexity index is 554. The number of nitrogens with two attached hydrogens (primary N) is 1. The Morgan fingerprint density at radius 2 is 2.09 bits per heavy atom. The van der Waals surface area contributed by atoms with Gasteiger partial charge in [-0.15, -0.1) is 0 Å². The van der Waals surface area contributed by atoms with Crippen molar-refractivity contribution in [2.75, 3.05) is 32.8 Å². The predicted octanol–water partition coefficient (Wildman–Crippen LogP) is 0.207. The molecular formula is C13H20F3N5O2. The highest BCUT2D eigenvalue weighted by Crippen LogP contribution is 2.40. The highest BCUT2D eigenvalue weighted by Gasteiger charge is 2.57. The Kier molecular flexibility index (Phi) is 5.15. The molecule has 3 N–H and O–H groups in total. The molecule has 1 aromatic heterocycles. The van der Waals surface area contributed by atoms with Crippen LogP contribution in [0.25, 0.3) is 0 Å². The first-order valence-electron chi connectivity index (χ1n) is 7.15. The van der Waals surface area contributed by atoms with Crippen LogP contribution >= 0.6 is 0 Å². The van der Waals surface area contributed by atoms with Gasteiger partial charge in [0.25, 0.3) is 0 Å². The summed E-state index contributed by atoms with van der Waals surface area (Å²) in [4.78, 5) is 9.31. The van der Waals surface area contributed by atoms with Crippen LogP contribution in [0.5, 0.6) is 0 Å². The van der Waals surface area contributed by atoms with Gasteiger partial charge in [-0.25, -0.2) is 4.98 Å². The molecule has 1 aliphatic rings. The molecule has 0 amide bonds. The highest BCUT2D eigenvalue weighted by atomic mass is 19.4. The van der Waals surface area contributed by atoms with E-state index in [0.29, 0.717) is 26.3 Å². The minimum absolute atomic E-state index is 0.151. The molecule has 130 valence electrons. The van der Waals surface area contributed by atoms with Crippen LogP contribution in [0.15, 0.2) is 17.4 Å². The summed E-state index contributed by atoms with van der Waals surface area (Å²) in [6, 6.07) is 0. The number of halogens is 3. The zero-order valence-corrected chi connectivity index (χ0v) is 12.8. The molecule has 1 fully saturated rings. The van der Waals surface area contributed by atoms with Gasteiger partial charge in [0.2, 0.25) is 5.60 Å². The van der Waals surface area contributed by atoms with E-state index in [1.165, 1.54) is 19.4 Å². The quantitative estimate of drug-likeness (QED) is 0.606. The maximum Gasteiger partial charge on any atom is 0.424 e. The lowest BCUT2D eigenvalue weighted by Crippen LogP contribution is -2.46. The second kappa shape index (κ2) is 6.75. The van der Waals surface area contributed by atoms with Gasteiger partial charge < -0.3 is 25.0 Å². The van der Waals surface area contributed by atoms with Gasteiger partial charge in [-0.2, -0.15) is 13.2 Å². The number of alkyl halides is 3. The van der Waals surface area contributed by atoms with Crippen molar-refractivity contribution in [2.24, 2.45) is 17.8 Å². The Labute approximate surface area is 131 Å². The van der Waals surface area contributed by atoms with Gasteiger partial charge in [-0.3, -0.25) is 4.99 Å². The Hall–Kier alpha value is -1.81. The van der Waals surface area contributed by atoms with Crippen LogP contribution in [-0.2, 0) is 17.4 Å². The third-order valence-corrected chi connectivity index (χ3v) is 3.74. The molecule has 0 aromatic carbocycles. The van der Waals surface area contributed by atoms with E-state index in [9.17, 15) is 18.3 Å². The second-order valence-corrected chi connectivity index (χ2v) is 5.31. The van der Waals surface area contributed by atoms with Crippen molar-refractivity contribution >= 4 is 5.96 Å². The molecular weight excluding hydrogens is 315 g/mol. The van der Waals surface area contributed by atoms with E-state index in [1.807, 2.05) is 0 Å². The molecule has 0 saturated carbocycles. The predicted molar refractivity (Wildman–Crippen MR) is 76.7 cm³/mol. The van der Waals surface area contributed by atoms with Crippen LogP contribution in [-0.4, -0.2) is 64.5 Å². The number of aryl methyl sites for hydroxylation is 1. The lowest BCUT2D eigenvalue weighted by atomic mass is 9.98. The smallest absolute Gasteiger partial charge is 0.378 e. The number of imidazole rings is 1. The number of guanidine groups is 1. The summed E-state index contributed by atoms with van der Waals surface area (Å²) < 4.78 is 46.3. The van der Waals surface area contributed by atoms with E-state index < -0.39 is 24.0 Å². The van der Waals surface area contributed by atoms with Gasteiger partial charge >= 0.3 is 6.18 Å². The normalized spacial score (nSPS) is 19.7. The number of nitrogens with zero attached hydrogens (tertiary/aromatic N) is 4. The number of hydrogen-bond donors (Lipinski definition) is 2. The van der Waals surface area contributed by atoms with Crippen molar-refractivity contribution in [3.05, 3.63) is 18.2 Å². The molecule has 7 nitrogen and oxygen atoms in total. The number of aliphatic imine (C=N–C) groups is 1. The van der Waals surface area contributed by atoms with E-state index in [-0.39, 0.29) is 12.5 Å². The van der Waals surface area contributed by atoms with Gasteiger partial charge in [0.1, 0.15) is 5.82 Å². The van der Waals surface area contributed by atoms with Crippen LogP contribution in [0.3, 0.4) is 0 Å². The molecule has 2 rings (SSSR count). The van der Waals surface area contributed by atoms with Crippen molar-refractivity contribution < 1.29 is 23.0 Å². The minimum Gasteiger partial charge on any atom is -0.378 e. The molecule has 0 radical (unpaired) electrons. The topological polar surface area (TPSA) is 88.9 Å². The summed E-state index contributed by atoms with van der Waals surface area (Å²) in [5.41, 5.74) is 2.70. The van der Waals surface area contributed by atoms with Gasteiger partial charge in [0, 0.05) is 45.5 Å². The van der Waals surface area contributed by atoms with Crippen LogP contribution in [0.2, 0.25) is 0 Å². The molecule has 1 aliphatic heterocycles. The molecule has 1 aromatic rings. The lowest BCUT2D eigenvalue weighted by molar-refractivity contribution is -0.272. The zero-order valence-electron chi connectivity index (χ0n) is 12.8. The Morgan fingerprint density at radius 1 is 1.43 bits per heavy atom. The van der Waals surface area contributed by atoms with Crippen LogP contribution < -0.4 is 5.73 Å². The summed E-state index contributed by atoms with van der Waals surface area (Å²) in [5, 5.41) is 10.2. The SMILES string of the molecule is Cn1ccnc1C(O)(CCN=C(N)N1CCOCC1)C(F)(F)F. The summed E-state index contributed by atoms with van der Waals surface area (Å²) >= 11 is 0. The molecule has 0 bridgehead atoms. The number of rotatable bonds is 4. The zero-order chi connectivity index (χ0) is 17.1. The monoisotopic (exact) mass is 335 g/mol. The third kappa shape index (κ3) is 3.75. The number of aromatic nitrogens is 2. The van der Waals surface area contributed by atoms with Gasteiger partial charge in [0.15, 0.2) is 5.96 Å². The fourth-order valence-corrected chi connectivity index (χ4v) is 2.37. The molecule has 10 heteroatoms. The summed E-state index contributed by atoms with van der Waals surface area (Å²) in [6.07, 6.45) is -2.98. The fraction of sp³-hybridized carbons (Fsp3) is 0.692. The Morgan fingerprint density at radius 3 is 2.61 bits per heavy atom.